The maximum absolute atomic E-state index is 5.60. The van der Waals surface area contributed by atoms with Crippen LogP contribution in [-0.2, 0) is 6.42 Å². The first-order chi connectivity index (χ1) is 9.04. The molecule has 19 heavy (non-hydrogen) atoms. The van der Waals surface area contributed by atoms with Gasteiger partial charge in [-0.3, -0.25) is 11.5 Å². The fraction of sp³-hybridized carbons (Fsp3) is 0.308. The van der Waals surface area contributed by atoms with Crippen LogP contribution < -0.4 is 26.3 Å². The van der Waals surface area contributed by atoms with E-state index in [0.717, 1.165) is 11.1 Å². The van der Waals surface area contributed by atoms with E-state index in [2.05, 4.69) is 10.3 Å². The molecule has 0 saturated carbocycles. The van der Waals surface area contributed by atoms with Crippen molar-refractivity contribution >= 4 is 6.21 Å². The van der Waals surface area contributed by atoms with E-state index in [9.17, 15) is 0 Å². The smallest absolute Gasteiger partial charge is 0.238 e. The average Bonchev–Trinajstić information content (AvgIpc) is 2.41. The highest BCUT2D eigenvalue weighted by molar-refractivity contribution is 5.80. The Kier molecular flexibility index (Phi) is 3.73. The molecule has 0 fully saturated rings. The summed E-state index contributed by atoms with van der Waals surface area (Å²) >= 11 is 0. The van der Waals surface area contributed by atoms with Gasteiger partial charge in [0.1, 0.15) is 0 Å². The van der Waals surface area contributed by atoms with Gasteiger partial charge in [0, 0.05) is 18.8 Å². The van der Waals surface area contributed by atoms with E-state index in [1.165, 1.54) is 0 Å². The summed E-state index contributed by atoms with van der Waals surface area (Å²) in [7, 11) is 3.22. The van der Waals surface area contributed by atoms with Crippen LogP contribution in [0, 0.1) is 0 Å². The fourth-order valence-corrected chi connectivity index (χ4v) is 1.80. The highest BCUT2D eigenvalue weighted by atomic mass is 16.5. The SMILES string of the molecule is COc1ccc(CC2=CNC(N)(N)N=C2)cc1OC. The van der Waals surface area contributed by atoms with E-state index >= 15 is 0 Å². The number of rotatable bonds is 4. The van der Waals surface area contributed by atoms with Crippen LogP contribution in [0.15, 0.2) is 35.0 Å². The van der Waals surface area contributed by atoms with Crippen LogP contribution in [0.3, 0.4) is 0 Å². The van der Waals surface area contributed by atoms with Crippen molar-refractivity contribution < 1.29 is 9.47 Å². The summed E-state index contributed by atoms with van der Waals surface area (Å²) in [4.78, 5) is 4.01. The van der Waals surface area contributed by atoms with Crippen LogP contribution in [0.25, 0.3) is 0 Å². The number of nitrogens with one attached hydrogen (secondary N) is 1. The lowest BCUT2D eigenvalue weighted by Gasteiger charge is -2.23. The number of hydrogen-bond acceptors (Lipinski definition) is 6. The maximum atomic E-state index is 5.60. The Morgan fingerprint density at radius 2 is 1.95 bits per heavy atom. The lowest BCUT2D eigenvalue weighted by molar-refractivity contribution is 0.354. The van der Waals surface area contributed by atoms with E-state index in [1.807, 2.05) is 18.2 Å². The molecule has 1 aliphatic heterocycles. The second kappa shape index (κ2) is 5.29. The van der Waals surface area contributed by atoms with Crippen LogP contribution in [0.5, 0.6) is 11.5 Å². The summed E-state index contributed by atoms with van der Waals surface area (Å²) < 4.78 is 10.5. The third-order valence-electron chi connectivity index (χ3n) is 2.79. The van der Waals surface area contributed by atoms with Gasteiger partial charge in [-0.2, -0.15) is 0 Å². The van der Waals surface area contributed by atoms with Gasteiger partial charge in [-0.1, -0.05) is 6.07 Å². The van der Waals surface area contributed by atoms with Gasteiger partial charge in [-0.05, 0) is 23.3 Å². The van der Waals surface area contributed by atoms with Crippen LogP contribution in [0.2, 0.25) is 0 Å². The van der Waals surface area contributed by atoms with E-state index in [4.69, 9.17) is 20.9 Å². The molecule has 102 valence electrons. The molecule has 0 spiro atoms. The van der Waals surface area contributed by atoms with Crippen molar-refractivity contribution in [3.63, 3.8) is 0 Å². The zero-order valence-corrected chi connectivity index (χ0v) is 11.0. The Morgan fingerprint density at radius 1 is 1.21 bits per heavy atom. The predicted octanol–water partition coefficient (Wildman–Crippen LogP) is 0.333. The number of nitrogens with zero attached hydrogens (tertiary/aromatic N) is 1. The summed E-state index contributed by atoms with van der Waals surface area (Å²) in [5.41, 5.74) is 13.3. The second-order valence-corrected chi connectivity index (χ2v) is 4.31. The summed E-state index contributed by atoms with van der Waals surface area (Å²) in [5, 5.41) is 2.82. The van der Waals surface area contributed by atoms with Gasteiger partial charge in [0.05, 0.1) is 14.2 Å². The van der Waals surface area contributed by atoms with Crippen molar-refractivity contribution in [3.8, 4) is 11.5 Å². The standard InChI is InChI=1S/C13H18N4O2/c1-18-11-4-3-9(6-12(11)19-2)5-10-7-16-13(14,15)17-8-10/h3-4,6-8,16H,5,14-15H2,1-2H3. The molecule has 0 aliphatic carbocycles. The molecule has 1 aliphatic rings. The maximum Gasteiger partial charge on any atom is 0.238 e. The van der Waals surface area contributed by atoms with E-state index in [0.29, 0.717) is 17.9 Å². The summed E-state index contributed by atoms with van der Waals surface area (Å²) in [6, 6.07) is 5.78. The second-order valence-electron chi connectivity index (χ2n) is 4.31. The number of methoxy groups -OCH3 is 2. The Balaban J connectivity index is 2.13. The number of hydrogen-bond donors (Lipinski definition) is 3. The van der Waals surface area contributed by atoms with Gasteiger partial charge in [0.15, 0.2) is 11.5 Å². The quantitative estimate of drug-likeness (QED) is 0.680. The highest BCUT2D eigenvalue weighted by Gasteiger charge is 2.17. The molecule has 1 aromatic rings. The third kappa shape index (κ3) is 3.24. The Bertz CT molecular complexity index is 523. The molecule has 0 aromatic heterocycles. The van der Waals surface area contributed by atoms with Crippen LogP contribution in [0.1, 0.15) is 5.56 Å². The topological polar surface area (TPSA) is 94.9 Å². The molecule has 0 atom stereocenters. The average molecular weight is 262 g/mol. The van der Waals surface area contributed by atoms with Gasteiger partial charge in [0.2, 0.25) is 5.91 Å². The molecule has 0 bridgehead atoms. The van der Waals surface area contributed by atoms with Crippen molar-refractivity contribution in [3.05, 3.63) is 35.5 Å². The zero-order valence-electron chi connectivity index (χ0n) is 11.0. The highest BCUT2D eigenvalue weighted by Crippen LogP contribution is 2.28. The largest absolute Gasteiger partial charge is 0.493 e. The molecule has 2 rings (SSSR count). The monoisotopic (exact) mass is 262 g/mol. The lowest BCUT2D eigenvalue weighted by Crippen LogP contribution is -2.59. The molecule has 5 N–H and O–H groups in total. The minimum absolute atomic E-state index is 0.701. The number of allylic oxidation sites excluding steroid dienone is 1. The van der Waals surface area contributed by atoms with Crippen molar-refractivity contribution in [2.24, 2.45) is 16.5 Å². The number of benzene rings is 1. The number of aliphatic imine (C=N–C) groups is 1. The Labute approximate surface area is 112 Å². The van der Waals surface area contributed by atoms with Crippen LogP contribution >= 0.6 is 0 Å². The minimum Gasteiger partial charge on any atom is -0.493 e. The summed E-state index contributed by atoms with van der Waals surface area (Å²) in [5.74, 6) is 0.202. The van der Waals surface area contributed by atoms with Crippen molar-refractivity contribution in [2.75, 3.05) is 14.2 Å². The fourth-order valence-electron chi connectivity index (χ4n) is 1.80. The van der Waals surface area contributed by atoms with E-state index in [-0.39, 0.29) is 0 Å². The molecule has 1 aromatic carbocycles. The summed E-state index contributed by atoms with van der Waals surface area (Å²) in [6.45, 7) is 0. The summed E-state index contributed by atoms with van der Waals surface area (Å²) in [6.07, 6.45) is 4.14. The first kappa shape index (κ1) is 13.4. The molecule has 0 amide bonds. The van der Waals surface area contributed by atoms with E-state index in [1.54, 1.807) is 26.6 Å². The first-order valence-corrected chi connectivity index (χ1v) is 5.85. The third-order valence-corrected chi connectivity index (χ3v) is 2.79. The van der Waals surface area contributed by atoms with Crippen LogP contribution in [0.4, 0.5) is 0 Å². The van der Waals surface area contributed by atoms with Crippen molar-refractivity contribution in [1.29, 1.82) is 0 Å². The number of ether oxygens (including phenoxy) is 2. The molecule has 0 unspecified atom stereocenters. The molecular formula is C13H18N4O2. The molecule has 0 radical (unpaired) electrons. The van der Waals surface area contributed by atoms with Gasteiger partial charge >= 0.3 is 0 Å². The van der Waals surface area contributed by atoms with Gasteiger partial charge in [-0.25, -0.2) is 4.99 Å². The normalized spacial score (nSPS) is 16.5. The molecule has 6 nitrogen and oxygen atoms in total. The minimum atomic E-state index is -1.21. The molecule has 0 saturated heterocycles. The lowest BCUT2D eigenvalue weighted by atomic mass is 10.1. The number of nitrogens with two attached hydrogens (primary N) is 2. The molecule has 1 heterocycles. The first-order valence-electron chi connectivity index (χ1n) is 5.85. The van der Waals surface area contributed by atoms with Crippen molar-refractivity contribution in [1.82, 2.24) is 5.32 Å². The molecular weight excluding hydrogens is 244 g/mol. The Hall–Kier alpha value is -2.05. The molecule has 6 heteroatoms. The zero-order chi connectivity index (χ0) is 13.9. The van der Waals surface area contributed by atoms with Gasteiger partial charge in [0.25, 0.3) is 0 Å². The van der Waals surface area contributed by atoms with Gasteiger partial charge < -0.3 is 14.8 Å². The Morgan fingerprint density at radius 3 is 2.53 bits per heavy atom. The van der Waals surface area contributed by atoms with Crippen molar-refractivity contribution in [2.45, 2.75) is 12.3 Å². The predicted molar refractivity (Wildman–Crippen MR) is 74.1 cm³/mol. The van der Waals surface area contributed by atoms with Crippen LogP contribution in [-0.4, -0.2) is 26.3 Å². The van der Waals surface area contributed by atoms with E-state index < -0.39 is 5.91 Å². The van der Waals surface area contributed by atoms with Gasteiger partial charge in [-0.15, -0.1) is 0 Å².